The van der Waals surface area contributed by atoms with Gasteiger partial charge < -0.3 is 9.80 Å². The number of pyridine rings is 1. The van der Waals surface area contributed by atoms with Crippen LogP contribution in [0.2, 0.25) is 0 Å². The number of nitrogens with zero attached hydrogens (tertiary/aromatic N) is 4. The minimum absolute atomic E-state index is 0.0860. The van der Waals surface area contributed by atoms with E-state index in [-0.39, 0.29) is 5.91 Å². The number of carbonyl (C=O) groups excluding carboxylic acids is 1. The van der Waals surface area contributed by atoms with Gasteiger partial charge in [0, 0.05) is 42.8 Å². The van der Waals surface area contributed by atoms with Crippen LogP contribution in [0.1, 0.15) is 28.0 Å². The molecule has 0 aliphatic carbocycles. The molecule has 3 aromatic rings. The fourth-order valence-corrected chi connectivity index (χ4v) is 3.80. The summed E-state index contributed by atoms with van der Waals surface area (Å²) in [5.74, 6) is 0.0860. The van der Waals surface area contributed by atoms with Crippen LogP contribution in [0.25, 0.3) is 10.9 Å². The molecule has 5 nitrogen and oxygen atoms in total. The van der Waals surface area contributed by atoms with Gasteiger partial charge in [-0.2, -0.15) is 5.26 Å². The number of aryl methyl sites for hydroxylation is 1. The van der Waals surface area contributed by atoms with Crippen LogP contribution < -0.4 is 4.90 Å². The zero-order chi connectivity index (χ0) is 19.5. The van der Waals surface area contributed by atoms with E-state index in [9.17, 15) is 10.1 Å². The molecule has 1 fully saturated rings. The zero-order valence-electron chi connectivity index (χ0n) is 15.9. The van der Waals surface area contributed by atoms with Crippen LogP contribution in [0.4, 0.5) is 5.69 Å². The lowest BCUT2D eigenvalue weighted by atomic mass is 10.1. The maximum absolute atomic E-state index is 12.9. The number of nitriles is 1. The highest BCUT2D eigenvalue weighted by Gasteiger charge is 2.22. The van der Waals surface area contributed by atoms with E-state index in [0.717, 1.165) is 53.8 Å². The predicted molar refractivity (Wildman–Crippen MR) is 110 cm³/mol. The minimum atomic E-state index is 0.0860. The number of hydrogen-bond donors (Lipinski definition) is 0. The highest BCUT2D eigenvalue weighted by Crippen LogP contribution is 2.27. The Morgan fingerprint density at radius 1 is 1.04 bits per heavy atom. The number of aromatic nitrogens is 1. The number of carbonyl (C=O) groups is 1. The van der Waals surface area contributed by atoms with E-state index in [4.69, 9.17) is 0 Å². The number of amides is 1. The molecule has 1 aliphatic rings. The average molecular weight is 370 g/mol. The summed E-state index contributed by atoms with van der Waals surface area (Å²) in [5, 5.41) is 10.4. The molecule has 0 saturated carbocycles. The van der Waals surface area contributed by atoms with Crippen molar-refractivity contribution in [2.45, 2.75) is 13.3 Å². The van der Waals surface area contributed by atoms with Gasteiger partial charge in [0.2, 0.25) is 0 Å². The first-order chi connectivity index (χ1) is 13.7. The van der Waals surface area contributed by atoms with Crippen molar-refractivity contribution in [3.63, 3.8) is 0 Å². The van der Waals surface area contributed by atoms with Gasteiger partial charge in [-0.05, 0) is 37.6 Å². The summed E-state index contributed by atoms with van der Waals surface area (Å²) in [7, 11) is 0. The Morgan fingerprint density at radius 3 is 2.71 bits per heavy atom. The molecule has 1 aliphatic heterocycles. The van der Waals surface area contributed by atoms with Crippen molar-refractivity contribution in [1.29, 1.82) is 5.26 Å². The predicted octanol–water partition coefficient (Wildman–Crippen LogP) is 3.77. The van der Waals surface area contributed by atoms with Crippen LogP contribution in [-0.2, 0) is 0 Å². The standard InChI is InChI=1S/C23H22N4O/c1-17-6-4-7-18(14-17)23(28)27-11-5-10-26(12-13-27)22-15-19(16-24)25-21-9-3-2-8-20(21)22/h2-4,6-9,14-15H,5,10-13H2,1H3. The highest BCUT2D eigenvalue weighted by atomic mass is 16.2. The quantitative estimate of drug-likeness (QED) is 0.689. The first-order valence-electron chi connectivity index (χ1n) is 9.56. The number of para-hydroxylation sites is 1. The monoisotopic (exact) mass is 370 g/mol. The molecule has 5 heteroatoms. The summed E-state index contributed by atoms with van der Waals surface area (Å²) in [6.45, 7) is 4.97. The van der Waals surface area contributed by atoms with E-state index < -0.39 is 0 Å². The van der Waals surface area contributed by atoms with Gasteiger partial charge in [-0.3, -0.25) is 4.79 Å². The van der Waals surface area contributed by atoms with Crippen LogP contribution >= 0.6 is 0 Å². The molecule has 28 heavy (non-hydrogen) atoms. The Labute approximate surface area is 164 Å². The fraction of sp³-hybridized carbons (Fsp3) is 0.261. The summed E-state index contributed by atoms with van der Waals surface area (Å²) in [6, 6.07) is 19.7. The maximum Gasteiger partial charge on any atom is 0.253 e. The second kappa shape index (κ2) is 7.69. The molecule has 1 saturated heterocycles. The van der Waals surface area contributed by atoms with Gasteiger partial charge in [-0.1, -0.05) is 35.9 Å². The second-order valence-electron chi connectivity index (χ2n) is 7.16. The third kappa shape index (κ3) is 3.54. The number of fused-ring (bicyclic) bond motifs is 1. The molecule has 140 valence electrons. The summed E-state index contributed by atoms with van der Waals surface area (Å²) in [5.41, 5.74) is 4.11. The molecule has 0 atom stereocenters. The van der Waals surface area contributed by atoms with Crippen molar-refractivity contribution in [3.8, 4) is 6.07 Å². The zero-order valence-corrected chi connectivity index (χ0v) is 15.9. The molecule has 2 aromatic carbocycles. The molecule has 1 aromatic heterocycles. The largest absolute Gasteiger partial charge is 0.369 e. The molecule has 0 unspecified atom stereocenters. The van der Waals surface area contributed by atoms with Gasteiger partial charge in [-0.15, -0.1) is 0 Å². The van der Waals surface area contributed by atoms with Crippen LogP contribution in [0.15, 0.2) is 54.6 Å². The highest BCUT2D eigenvalue weighted by molar-refractivity contribution is 5.95. The van der Waals surface area contributed by atoms with Crippen molar-refractivity contribution in [2.75, 3.05) is 31.1 Å². The van der Waals surface area contributed by atoms with Gasteiger partial charge in [0.1, 0.15) is 11.8 Å². The normalized spacial score (nSPS) is 14.6. The fourth-order valence-electron chi connectivity index (χ4n) is 3.80. The lowest BCUT2D eigenvalue weighted by molar-refractivity contribution is 0.0767. The molecular weight excluding hydrogens is 348 g/mol. The van der Waals surface area contributed by atoms with Crippen molar-refractivity contribution in [2.24, 2.45) is 0 Å². The number of anilines is 1. The topological polar surface area (TPSA) is 60.2 Å². The smallest absolute Gasteiger partial charge is 0.253 e. The van der Waals surface area contributed by atoms with Gasteiger partial charge in [0.15, 0.2) is 0 Å². The number of rotatable bonds is 2. The maximum atomic E-state index is 12.9. The van der Waals surface area contributed by atoms with E-state index in [2.05, 4.69) is 16.0 Å². The SMILES string of the molecule is Cc1cccc(C(=O)N2CCCN(c3cc(C#N)nc4ccccc34)CC2)c1. The van der Waals surface area contributed by atoms with Crippen molar-refractivity contribution in [3.05, 3.63) is 71.4 Å². The van der Waals surface area contributed by atoms with Crippen LogP contribution in [-0.4, -0.2) is 42.0 Å². The summed E-state index contributed by atoms with van der Waals surface area (Å²) in [6.07, 6.45) is 0.885. The van der Waals surface area contributed by atoms with Crippen LogP contribution in [0.3, 0.4) is 0 Å². The Morgan fingerprint density at radius 2 is 1.89 bits per heavy atom. The Hall–Kier alpha value is -3.39. The second-order valence-corrected chi connectivity index (χ2v) is 7.16. The van der Waals surface area contributed by atoms with Crippen molar-refractivity contribution in [1.82, 2.24) is 9.88 Å². The van der Waals surface area contributed by atoms with Gasteiger partial charge in [-0.25, -0.2) is 4.98 Å². The number of benzene rings is 2. The van der Waals surface area contributed by atoms with Crippen molar-refractivity contribution >= 4 is 22.5 Å². The molecule has 2 heterocycles. The van der Waals surface area contributed by atoms with E-state index in [1.54, 1.807) is 0 Å². The van der Waals surface area contributed by atoms with Gasteiger partial charge in [0.25, 0.3) is 5.91 Å². The van der Waals surface area contributed by atoms with Crippen molar-refractivity contribution < 1.29 is 4.79 Å². The average Bonchev–Trinajstić information content (AvgIpc) is 2.98. The van der Waals surface area contributed by atoms with E-state index in [1.165, 1.54) is 0 Å². The lowest BCUT2D eigenvalue weighted by Gasteiger charge is -2.25. The van der Waals surface area contributed by atoms with E-state index in [1.807, 2.05) is 66.4 Å². The molecule has 4 rings (SSSR count). The molecular formula is C23H22N4O. The molecule has 0 bridgehead atoms. The summed E-state index contributed by atoms with van der Waals surface area (Å²) < 4.78 is 0. The first-order valence-corrected chi connectivity index (χ1v) is 9.56. The molecule has 1 amide bonds. The molecule has 0 radical (unpaired) electrons. The summed E-state index contributed by atoms with van der Waals surface area (Å²) in [4.78, 5) is 21.5. The molecule has 0 N–H and O–H groups in total. The van der Waals surface area contributed by atoms with E-state index >= 15 is 0 Å². The molecule has 0 spiro atoms. The minimum Gasteiger partial charge on any atom is -0.369 e. The third-order valence-electron chi connectivity index (χ3n) is 5.20. The number of hydrogen-bond acceptors (Lipinski definition) is 4. The van der Waals surface area contributed by atoms with E-state index in [0.29, 0.717) is 12.2 Å². The van der Waals surface area contributed by atoms with Crippen LogP contribution in [0.5, 0.6) is 0 Å². The van der Waals surface area contributed by atoms with Gasteiger partial charge in [0.05, 0.1) is 5.52 Å². The van der Waals surface area contributed by atoms with Crippen LogP contribution in [0, 0.1) is 18.3 Å². The first kappa shape index (κ1) is 18.0. The van der Waals surface area contributed by atoms with Gasteiger partial charge >= 0.3 is 0 Å². The Kier molecular flexibility index (Phi) is 4.94. The summed E-state index contributed by atoms with van der Waals surface area (Å²) >= 11 is 0. The Bertz CT molecular complexity index is 1070. The lowest BCUT2D eigenvalue weighted by Crippen LogP contribution is -2.35. The Balaban J connectivity index is 1.59. The third-order valence-corrected chi connectivity index (χ3v) is 5.20.